The fraction of sp³-hybridized carbons (Fsp3) is 0.882. The zero-order chi connectivity index (χ0) is 16.8. The maximum atomic E-state index is 12.3. The molecule has 0 N–H and O–H groups in total. The predicted octanol–water partition coefficient (Wildman–Crippen LogP) is 2.14. The molecule has 2 fully saturated rings. The van der Waals surface area contributed by atoms with Gasteiger partial charge in [0, 0.05) is 33.0 Å². The molecule has 24 heavy (non-hydrogen) atoms. The van der Waals surface area contributed by atoms with Crippen LogP contribution in [0.3, 0.4) is 0 Å². The fourth-order valence-electron chi connectivity index (χ4n) is 3.77. The third-order valence-corrected chi connectivity index (χ3v) is 5.20. The van der Waals surface area contributed by atoms with Crippen LogP contribution in [0.4, 0.5) is 0 Å². The summed E-state index contributed by atoms with van der Waals surface area (Å²) in [4.78, 5) is 14.1. The van der Waals surface area contributed by atoms with Gasteiger partial charge in [0.25, 0.3) is 0 Å². The molecule has 7 nitrogen and oxygen atoms in total. The molecule has 1 aromatic heterocycles. The lowest BCUT2D eigenvalue weighted by molar-refractivity contribution is -0.131. The second kappa shape index (κ2) is 8.55. The third-order valence-electron chi connectivity index (χ3n) is 5.20. The Hall–Kier alpha value is -1.50. The first-order valence-electron chi connectivity index (χ1n) is 9.36. The lowest BCUT2D eigenvalue weighted by Gasteiger charge is -2.22. The van der Waals surface area contributed by atoms with E-state index in [9.17, 15) is 4.79 Å². The first-order valence-corrected chi connectivity index (χ1v) is 9.36. The van der Waals surface area contributed by atoms with E-state index in [1.807, 2.05) is 11.7 Å². The zero-order valence-electron chi connectivity index (χ0n) is 14.7. The summed E-state index contributed by atoms with van der Waals surface area (Å²) in [6, 6.07) is 0.446. The molecule has 0 aromatic carbocycles. The minimum Gasteiger partial charge on any atom is -0.376 e. The van der Waals surface area contributed by atoms with E-state index in [1.54, 1.807) is 4.90 Å². The summed E-state index contributed by atoms with van der Waals surface area (Å²) in [6.45, 7) is 1.54. The maximum Gasteiger partial charge on any atom is 0.222 e. The summed E-state index contributed by atoms with van der Waals surface area (Å²) >= 11 is 0. The van der Waals surface area contributed by atoms with Crippen LogP contribution in [0.15, 0.2) is 0 Å². The molecule has 2 heterocycles. The van der Waals surface area contributed by atoms with Gasteiger partial charge in [-0.1, -0.05) is 19.3 Å². The monoisotopic (exact) mass is 335 g/mol. The Morgan fingerprint density at radius 1 is 1.25 bits per heavy atom. The zero-order valence-corrected chi connectivity index (χ0v) is 14.7. The Labute approximate surface area is 143 Å². The van der Waals surface area contributed by atoms with Crippen molar-refractivity contribution in [3.8, 4) is 0 Å². The van der Waals surface area contributed by atoms with Gasteiger partial charge in [-0.25, -0.2) is 4.68 Å². The van der Waals surface area contributed by atoms with Crippen molar-refractivity contribution in [3.05, 3.63) is 5.82 Å². The molecule has 1 aliphatic carbocycles. The second-order valence-electron chi connectivity index (χ2n) is 7.09. The Bertz CT molecular complexity index is 521. The molecule has 7 heteroatoms. The number of aromatic nitrogens is 4. The van der Waals surface area contributed by atoms with E-state index in [0.29, 0.717) is 19.0 Å². The first kappa shape index (κ1) is 17.3. The quantitative estimate of drug-likeness (QED) is 0.763. The molecule has 1 aliphatic heterocycles. The van der Waals surface area contributed by atoms with Gasteiger partial charge in [-0.2, -0.15) is 0 Å². The SMILES string of the molecule is CN(CC1CCCO1)C(=O)CCCc1nnnn1C1CCCCC1. The Morgan fingerprint density at radius 3 is 2.83 bits per heavy atom. The number of hydrogen-bond donors (Lipinski definition) is 0. The topological polar surface area (TPSA) is 73.1 Å². The van der Waals surface area contributed by atoms with E-state index in [1.165, 1.54) is 32.1 Å². The van der Waals surface area contributed by atoms with Crippen LogP contribution in [0.2, 0.25) is 0 Å². The Kier molecular flexibility index (Phi) is 6.18. The standard InChI is InChI=1S/C17H29N5O2/c1-21(13-15-9-6-12-24-15)17(23)11-5-10-16-18-19-20-22(16)14-7-3-2-4-8-14/h14-15H,2-13H2,1H3. The largest absolute Gasteiger partial charge is 0.376 e. The number of tetrazole rings is 1. The van der Waals surface area contributed by atoms with Crippen LogP contribution in [0.25, 0.3) is 0 Å². The minimum atomic E-state index is 0.183. The molecule has 2 aliphatic rings. The normalized spacial score (nSPS) is 22.0. The number of amides is 1. The molecule has 0 spiro atoms. The number of nitrogens with zero attached hydrogens (tertiary/aromatic N) is 5. The van der Waals surface area contributed by atoms with Crippen molar-refractivity contribution >= 4 is 5.91 Å². The molecule has 1 amide bonds. The Balaban J connectivity index is 1.42. The molecule has 1 aromatic rings. The number of hydrogen-bond acceptors (Lipinski definition) is 5. The van der Waals surface area contributed by atoms with E-state index in [4.69, 9.17) is 4.74 Å². The van der Waals surface area contributed by atoms with Gasteiger partial charge < -0.3 is 9.64 Å². The van der Waals surface area contributed by atoms with Gasteiger partial charge in [0.05, 0.1) is 12.1 Å². The number of carbonyl (C=O) groups excluding carboxylic acids is 1. The summed E-state index contributed by atoms with van der Waals surface area (Å²) in [7, 11) is 1.87. The molecule has 1 saturated carbocycles. The van der Waals surface area contributed by atoms with Crippen LogP contribution >= 0.6 is 0 Å². The van der Waals surface area contributed by atoms with Crippen molar-refractivity contribution in [1.29, 1.82) is 0 Å². The highest BCUT2D eigenvalue weighted by Gasteiger charge is 2.21. The van der Waals surface area contributed by atoms with Crippen molar-refractivity contribution in [2.75, 3.05) is 20.2 Å². The van der Waals surface area contributed by atoms with Crippen LogP contribution < -0.4 is 0 Å². The lowest BCUT2D eigenvalue weighted by Crippen LogP contribution is -2.34. The molecule has 134 valence electrons. The lowest BCUT2D eigenvalue weighted by atomic mass is 9.95. The fourth-order valence-corrected chi connectivity index (χ4v) is 3.77. The van der Waals surface area contributed by atoms with E-state index >= 15 is 0 Å². The molecule has 1 unspecified atom stereocenters. The van der Waals surface area contributed by atoms with Crippen LogP contribution in [0, 0.1) is 0 Å². The number of likely N-dealkylation sites (N-methyl/N-ethyl adjacent to an activating group) is 1. The van der Waals surface area contributed by atoms with Crippen molar-refractivity contribution in [1.82, 2.24) is 25.1 Å². The summed E-state index contributed by atoms with van der Waals surface area (Å²) in [5.74, 6) is 1.11. The van der Waals surface area contributed by atoms with Crippen LogP contribution in [-0.4, -0.2) is 57.3 Å². The van der Waals surface area contributed by atoms with E-state index in [-0.39, 0.29) is 12.0 Å². The van der Waals surface area contributed by atoms with E-state index < -0.39 is 0 Å². The Morgan fingerprint density at radius 2 is 2.08 bits per heavy atom. The summed E-state index contributed by atoms with van der Waals surface area (Å²) < 4.78 is 7.60. The molecule has 1 saturated heterocycles. The highest BCUT2D eigenvalue weighted by molar-refractivity contribution is 5.75. The summed E-state index contributed by atoms with van der Waals surface area (Å²) in [5, 5.41) is 12.2. The van der Waals surface area contributed by atoms with Crippen LogP contribution in [0.5, 0.6) is 0 Å². The average molecular weight is 335 g/mol. The van der Waals surface area contributed by atoms with Crippen LogP contribution in [0.1, 0.15) is 69.7 Å². The van der Waals surface area contributed by atoms with E-state index in [2.05, 4.69) is 15.5 Å². The number of rotatable bonds is 7. The molecular formula is C17H29N5O2. The van der Waals surface area contributed by atoms with Gasteiger partial charge in [0.1, 0.15) is 0 Å². The highest BCUT2D eigenvalue weighted by atomic mass is 16.5. The molecule has 3 rings (SSSR count). The average Bonchev–Trinajstić information content (AvgIpc) is 3.27. The van der Waals surface area contributed by atoms with Gasteiger partial charge in [-0.3, -0.25) is 4.79 Å². The minimum absolute atomic E-state index is 0.183. The smallest absolute Gasteiger partial charge is 0.222 e. The molecule has 1 atom stereocenters. The number of ether oxygens (including phenoxy) is 1. The van der Waals surface area contributed by atoms with Gasteiger partial charge >= 0.3 is 0 Å². The highest BCUT2D eigenvalue weighted by Crippen LogP contribution is 2.28. The van der Waals surface area contributed by atoms with Crippen molar-refractivity contribution in [3.63, 3.8) is 0 Å². The molecule has 0 radical (unpaired) electrons. The second-order valence-corrected chi connectivity index (χ2v) is 7.09. The third kappa shape index (κ3) is 4.53. The number of carbonyl (C=O) groups is 1. The summed E-state index contributed by atoms with van der Waals surface area (Å²) in [5.41, 5.74) is 0. The predicted molar refractivity (Wildman–Crippen MR) is 89.5 cm³/mol. The number of aryl methyl sites for hydroxylation is 1. The van der Waals surface area contributed by atoms with Crippen molar-refractivity contribution in [2.24, 2.45) is 0 Å². The summed E-state index contributed by atoms with van der Waals surface area (Å²) in [6.07, 6.45) is 10.7. The van der Waals surface area contributed by atoms with Crippen molar-refractivity contribution in [2.45, 2.75) is 76.4 Å². The van der Waals surface area contributed by atoms with Gasteiger partial charge in [-0.15, -0.1) is 5.10 Å². The van der Waals surface area contributed by atoms with Crippen LogP contribution in [-0.2, 0) is 16.0 Å². The molecule has 0 bridgehead atoms. The maximum absolute atomic E-state index is 12.3. The molecular weight excluding hydrogens is 306 g/mol. The van der Waals surface area contributed by atoms with Gasteiger partial charge in [-0.05, 0) is 42.5 Å². The van der Waals surface area contributed by atoms with Crippen molar-refractivity contribution < 1.29 is 9.53 Å². The van der Waals surface area contributed by atoms with E-state index in [0.717, 1.165) is 38.1 Å². The van der Waals surface area contributed by atoms with Gasteiger partial charge in [0.15, 0.2) is 5.82 Å². The van der Waals surface area contributed by atoms with Gasteiger partial charge in [0.2, 0.25) is 5.91 Å². The first-order chi connectivity index (χ1) is 11.7.